The van der Waals surface area contributed by atoms with E-state index in [-0.39, 0.29) is 0 Å². The summed E-state index contributed by atoms with van der Waals surface area (Å²) in [5.41, 5.74) is 2.49. The van der Waals surface area contributed by atoms with Gasteiger partial charge in [-0.3, -0.25) is 4.98 Å². The van der Waals surface area contributed by atoms with Crippen LogP contribution in [0.2, 0.25) is 0 Å². The first-order chi connectivity index (χ1) is 8.81. The number of hydrogen-bond acceptors (Lipinski definition) is 2. The van der Waals surface area contributed by atoms with Crippen LogP contribution in [0.5, 0.6) is 0 Å². The fraction of sp³-hybridized carbons (Fsp3) is 0.438. The zero-order chi connectivity index (χ0) is 12.8. The van der Waals surface area contributed by atoms with Crippen LogP contribution in [0, 0.1) is 0 Å². The van der Waals surface area contributed by atoms with Crippen molar-refractivity contribution in [2.24, 2.45) is 0 Å². The summed E-state index contributed by atoms with van der Waals surface area (Å²) in [5, 5.41) is 4.68. The first-order valence-corrected chi connectivity index (χ1v) is 6.86. The molecule has 0 aliphatic carbocycles. The van der Waals surface area contributed by atoms with E-state index in [4.69, 9.17) is 0 Å². The lowest BCUT2D eigenvalue weighted by molar-refractivity contribution is 0.591. The molecule has 1 aromatic heterocycles. The molecule has 0 spiro atoms. The van der Waals surface area contributed by atoms with Gasteiger partial charge in [-0.05, 0) is 49.5 Å². The van der Waals surface area contributed by atoms with Crippen molar-refractivity contribution in [3.63, 3.8) is 0 Å². The summed E-state index contributed by atoms with van der Waals surface area (Å²) in [7, 11) is 0. The molecule has 2 rings (SSSR count). The molecular formula is C16H22N2. The van der Waals surface area contributed by atoms with Crippen molar-refractivity contribution in [2.75, 3.05) is 13.1 Å². The number of rotatable bonds is 6. The van der Waals surface area contributed by atoms with Crippen molar-refractivity contribution in [3.8, 4) is 0 Å². The first kappa shape index (κ1) is 13.0. The van der Waals surface area contributed by atoms with Crippen molar-refractivity contribution in [1.29, 1.82) is 0 Å². The average molecular weight is 242 g/mol. The SMILES string of the molecule is CCCNCCC(C)c1ccc2cccnc2c1. The van der Waals surface area contributed by atoms with E-state index in [1.165, 1.54) is 23.8 Å². The van der Waals surface area contributed by atoms with Gasteiger partial charge in [0.1, 0.15) is 0 Å². The second-order valence-electron chi connectivity index (χ2n) is 4.90. The Morgan fingerprint density at radius 2 is 2.11 bits per heavy atom. The lowest BCUT2D eigenvalue weighted by Gasteiger charge is -2.13. The lowest BCUT2D eigenvalue weighted by atomic mass is 9.96. The highest BCUT2D eigenvalue weighted by Crippen LogP contribution is 2.22. The average Bonchev–Trinajstić information content (AvgIpc) is 2.43. The molecule has 1 N–H and O–H groups in total. The van der Waals surface area contributed by atoms with Crippen LogP contribution in [0.1, 0.15) is 38.2 Å². The predicted octanol–water partition coefficient (Wildman–Crippen LogP) is 3.73. The third-order valence-corrected chi connectivity index (χ3v) is 3.38. The van der Waals surface area contributed by atoms with Crippen LogP contribution in [0.3, 0.4) is 0 Å². The summed E-state index contributed by atoms with van der Waals surface area (Å²) in [4.78, 5) is 4.42. The topological polar surface area (TPSA) is 24.9 Å². The molecular weight excluding hydrogens is 220 g/mol. The molecule has 2 heteroatoms. The number of aromatic nitrogens is 1. The maximum Gasteiger partial charge on any atom is 0.0704 e. The zero-order valence-electron chi connectivity index (χ0n) is 11.3. The van der Waals surface area contributed by atoms with E-state index < -0.39 is 0 Å². The number of nitrogens with one attached hydrogen (secondary N) is 1. The largest absolute Gasteiger partial charge is 0.317 e. The van der Waals surface area contributed by atoms with Crippen LogP contribution < -0.4 is 5.32 Å². The van der Waals surface area contributed by atoms with Gasteiger partial charge in [0, 0.05) is 11.6 Å². The molecule has 1 atom stereocenters. The summed E-state index contributed by atoms with van der Waals surface area (Å²) in [6, 6.07) is 10.7. The normalized spacial score (nSPS) is 12.8. The highest BCUT2D eigenvalue weighted by Gasteiger charge is 2.06. The quantitative estimate of drug-likeness (QED) is 0.781. The highest BCUT2D eigenvalue weighted by atomic mass is 14.8. The van der Waals surface area contributed by atoms with Gasteiger partial charge < -0.3 is 5.32 Å². The van der Waals surface area contributed by atoms with Crippen LogP contribution in [0.4, 0.5) is 0 Å². The molecule has 0 aliphatic heterocycles. The second-order valence-corrected chi connectivity index (χ2v) is 4.90. The Morgan fingerprint density at radius 1 is 1.22 bits per heavy atom. The second kappa shape index (κ2) is 6.50. The van der Waals surface area contributed by atoms with E-state index in [0.29, 0.717) is 5.92 Å². The Bertz CT molecular complexity index is 493. The van der Waals surface area contributed by atoms with E-state index in [9.17, 15) is 0 Å². The Balaban J connectivity index is 2.01. The minimum absolute atomic E-state index is 0.584. The van der Waals surface area contributed by atoms with Gasteiger partial charge in [0.05, 0.1) is 5.52 Å². The molecule has 0 saturated heterocycles. The number of fused-ring (bicyclic) bond motifs is 1. The van der Waals surface area contributed by atoms with Gasteiger partial charge in [-0.2, -0.15) is 0 Å². The molecule has 0 saturated carbocycles. The zero-order valence-corrected chi connectivity index (χ0v) is 11.3. The molecule has 1 heterocycles. The van der Waals surface area contributed by atoms with Crippen molar-refractivity contribution in [2.45, 2.75) is 32.6 Å². The molecule has 0 radical (unpaired) electrons. The third-order valence-electron chi connectivity index (χ3n) is 3.38. The summed E-state index contributed by atoms with van der Waals surface area (Å²) >= 11 is 0. The molecule has 1 unspecified atom stereocenters. The fourth-order valence-electron chi connectivity index (χ4n) is 2.18. The van der Waals surface area contributed by atoms with Gasteiger partial charge in [0.2, 0.25) is 0 Å². The van der Waals surface area contributed by atoms with E-state index >= 15 is 0 Å². The third kappa shape index (κ3) is 3.30. The fourth-order valence-corrected chi connectivity index (χ4v) is 2.18. The van der Waals surface area contributed by atoms with Gasteiger partial charge in [-0.25, -0.2) is 0 Å². The van der Waals surface area contributed by atoms with Gasteiger partial charge in [-0.1, -0.05) is 32.0 Å². The lowest BCUT2D eigenvalue weighted by Crippen LogP contribution is -2.17. The van der Waals surface area contributed by atoms with E-state index in [1.807, 2.05) is 12.3 Å². The van der Waals surface area contributed by atoms with Crippen LogP contribution in [-0.4, -0.2) is 18.1 Å². The van der Waals surface area contributed by atoms with Crippen molar-refractivity contribution in [1.82, 2.24) is 10.3 Å². The summed E-state index contributed by atoms with van der Waals surface area (Å²) in [6.45, 7) is 6.70. The highest BCUT2D eigenvalue weighted by molar-refractivity contribution is 5.78. The number of benzene rings is 1. The van der Waals surface area contributed by atoms with Gasteiger partial charge in [0.25, 0.3) is 0 Å². The maximum atomic E-state index is 4.42. The number of pyridine rings is 1. The summed E-state index contributed by atoms with van der Waals surface area (Å²) < 4.78 is 0. The van der Waals surface area contributed by atoms with Crippen LogP contribution in [0.15, 0.2) is 36.5 Å². The van der Waals surface area contributed by atoms with Crippen LogP contribution >= 0.6 is 0 Å². The first-order valence-electron chi connectivity index (χ1n) is 6.86. The molecule has 18 heavy (non-hydrogen) atoms. The number of nitrogens with zero attached hydrogens (tertiary/aromatic N) is 1. The van der Waals surface area contributed by atoms with E-state index in [0.717, 1.165) is 18.6 Å². The standard InChI is InChI=1S/C16H22N2/c1-3-9-17-11-8-13(2)15-7-6-14-5-4-10-18-16(14)12-15/h4-7,10,12-13,17H,3,8-9,11H2,1-2H3. The predicted molar refractivity (Wildman–Crippen MR) is 77.9 cm³/mol. The summed E-state index contributed by atoms with van der Waals surface area (Å²) in [5.74, 6) is 0.584. The number of hydrogen-bond donors (Lipinski definition) is 1. The Morgan fingerprint density at radius 3 is 2.94 bits per heavy atom. The molecule has 1 aromatic carbocycles. The smallest absolute Gasteiger partial charge is 0.0704 e. The van der Waals surface area contributed by atoms with Crippen molar-refractivity contribution >= 4 is 10.9 Å². The molecule has 2 aromatic rings. The molecule has 0 bridgehead atoms. The van der Waals surface area contributed by atoms with Crippen molar-refractivity contribution in [3.05, 3.63) is 42.1 Å². The molecule has 2 nitrogen and oxygen atoms in total. The Hall–Kier alpha value is -1.41. The van der Waals surface area contributed by atoms with Gasteiger partial charge >= 0.3 is 0 Å². The molecule has 0 aliphatic rings. The Kier molecular flexibility index (Phi) is 4.71. The van der Waals surface area contributed by atoms with Crippen LogP contribution in [0.25, 0.3) is 10.9 Å². The van der Waals surface area contributed by atoms with Gasteiger partial charge in [-0.15, -0.1) is 0 Å². The van der Waals surface area contributed by atoms with Crippen LogP contribution in [-0.2, 0) is 0 Å². The molecule has 0 fully saturated rings. The van der Waals surface area contributed by atoms with E-state index in [2.05, 4.69) is 48.4 Å². The molecule has 96 valence electrons. The maximum absolute atomic E-state index is 4.42. The molecule has 0 amide bonds. The van der Waals surface area contributed by atoms with Gasteiger partial charge in [0.15, 0.2) is 0 Å². The van der Waals surface area contributed by atoms with E-state index in [1.54, 1.807) is 0 Å². The minimum Gasteiger partial charge on any atom is -0.317 e. The minimum atomic E-state index is 0.584. The van der Waals surface area contributed by atoms with Crippen molar-refractivity contribution < 1.29 is 0 Å². The Labute approximate surface area is 109 Å². The summed E-state index contributed by atoms with van der Waals surface area (Å²) in [6.07, 6.45) is 4.24. The monoisotopic (exact) mass is 242 g/mol.